The lowest BCUT2D eigenvalue weighted by atomic mass is 10.2. The average molecular weight is 249 g/mol. The lowest BCUT2D eigenvalue weighted by molar-refractivity contribution is -0.123. The maximum Gasteiger partial charge on any atom is 0.237 e. The molecule has 0 aliphatic carbocycles. The number of hydrogen-bond acceptors (Lipinski definition) is 4. The first-order valence-electron chi connectivity index (χ1n) is 6.14. The van der Waals surface area contributed by atoms with Crippen molar-refractivity contribution in [2.75, 3.05) is 13.7 Å². The van der Waals surface area contributed by atoms with E-state index < -0.39 is 0 Å². The summed E-state index contributed by atoms with van der Waals surface area (Å²) in [7, 11) is 1.67. The first-order chi connectivity index (χ1) is 8.69. The molecule has 5 heteroatoms. The molecule has 0 bridgehead atoms. The first-order valence-corrected chi connectivity index (χ1v) is 6.14. The van der Waals surface area contributed by atoms with Gasteiger partial charge in [0.05, 0.1) is 12.1 Å². The summed E-state index contributed by atoms with van der Waals surface area (Å²) in [6, 6.07) is 3.77. The number of carbonyl (C=O) groups excluding carboxylic acids is 1. The minimum Gasteiger partial charge on any atom is -0.380 e. The fourth-order valence-electron chi connectivity index (χ4n) is 2.00. The van der Waals surface area contributed by atoms with Gasteiger partial charge in [0.1, 0.15) is 0 Å². The number of carbonyl (C=O) groups is 1. The molecule has 1 aromatic heterocycles. The van der Waals surface area contributed by atoms with Gasteiger partial charge in [-0.15, -0.1) is 0 Å². The summed E-state index contributed by atoms with van der Waals surface area (Å²) >= 11 is 0. The van der Waals surface area contributed by atoms with E-state index in [9.17, 15) is 4.79 Å². The van der Waals surface area contributed by atoms with E-state index in [2.05, 4.69) is 15.6 Å². The third kappa shape index (κ3) is 3.27. The Morgan fingerprint density at radius 3 is 3.06 bits per heavy atom. The lowest BCUT2D eigenvalue weighted by Crippen LogP contribution is -2.40. The molecule has 1 aromatic rings. The van der Waals surface area contributed by atoms with E-state index in [-0.39, 0.29) is 18.1 Å². The van der Waals surface area contributed by atoms with Crippen LogP contribution >= 0.6 is 0 Å². The van der Waals surface area contributed by atoms with Crippen LogP contribution in [-0.2, 0) is 16.1 Å². The number of amides is 1. The van der Waals surface area contributed by atoms with Crippen LogP contribution in [0, 0.1) is 6.92 Å². The molecule has 0 radical (unpaired) electrons. The highest BCUT2D eigenvalue weighted by Gasteiger charge is 2.28. The fourth-order valence-corrected chi connectivity index (χ4v) is 2.00. The van der Waals surface area contributed by atoms with Crippen molar-refractivity contribution in [3.05, 3.63) is 29.6 Å². The third-order valence-corrected chi connectivity index (χ3v) is 3.18. The number of aromatic nitrogens is 1. The molecule has 1 aliphatic rings. The standard InChI is InChI=1S/C13H19N3O2/c1-9-3-4-10(6-14-9)7-16-13(17)12-5-11(18-2)8-15-12/h3-4,6,11-12,15H,5,7-8H2,1-2H3,(H,16,17)/t11-,12-/m0/s1. The molecule has 0 saturated carbocycles. The van der Waals surface area contributed by atoms with Gasteiger partial charge in [-0.05, 0) is 25.0 Å². The van der Waals surface area contributed by atoms with Crippen molar-refractivity contribution in [2.45, 2.75) is 32.0 Å². The number of hydrogen-bond donors (Lipinski definition) is 2. The Balaban J connectivity index is 1.80. The Bertz CT molecular complexity index is 405. The van der Waals surface area contributed by atoms with E-state index in [1.165, 1.54) is 0 Å². The number of ether oxygens (including phenoxy) is 1. The molecular formula is C13H19N3O2. The largest absolute Gasteiger partial charge is 0.380 e. The summed E-state index contributed by atoms with van der Waals surface area (Å²) in [6.07, 6.45) is 2.66. The van der Waals surface area contributed by atoms with Crippen molar-refractivity contribution in [1.29, 1.82) is 0 Å². The summed E-state index contributed by atoms with van der Waals surface area (Å²) in [6.45, 7) is 3.19. The number of nitrogens with one attached hydrogen (secondary N) is 2. The Morgan fingerprint density at radius 1 is 1.61 bits per heavy atom. The highest BCUT2D eigenvalue weighted by atomic mass is 16.5. The monoisotopic (exact) mass is 249 g/mol. The summed E-state index contributed by atoms with van der Waals surface area (Å²) in [4.78, 5) is 16.1. The van der Waals surface area contributed by atoms with Gasteiger partial charge in [-0.25, -0.2) is 0 Å². The second-order valence-electron chi connectivity index (χ2n) is 4.58. The van der Waals surface area contributed by atoms with Gasteiger partial charge >= 0.3 is 0 Å². The number of nitrogens with zero attached hydrogens (tertiary/aromatic N) is 1. The van der Waals surface area contributed by atoms with Gasteiger partial charge < -0.3 is 15.4 Å². The number of aryl methyl sites for hydroxylation is 1. The second-order valence-corrected chi connectivity index (χ2v) is 4.58. The minimum atomic E-state index is -0.145. The Kier molecular flexibility index (Phi) is 4.28. The Labute approximate surface area is 107 Å². The SMILES string of the molecule is CO[C@@H]1CN[C@H](C(=O)NCc2ccc(C)nc2)C1. The highest BCUT2D eigenvalue weighted by Crippen LogP contribution is 2.09. The smallest absolute Gasteiger partial charge is 0.237 e. The Hall–Kier alpha value is -1.46. The molecular weight excluding hydrogens is 230 g/mol. The summed E-state index contributed by atoms with van der Waals surface area (Å²) in [5.41, 5.74) is 1.99. The highest BCUT2D eigenvalue weighted by molar-refractivity contribution is 5.82. The second kappa shape index (κ2) is 5.93. The predicted octanol–water partition coefficient (Wildman–Crippen LogP) is 0.383. The molecule has 2 rings (SSSR count). The van der Waals surface area contributed by atoms with Crippen LogP contribution in [0.25, 0.3) is 0 Å². The molecule has 2 heterocycles. The zero-order chi connectivity index (χ0) is 13.0. The zero-order valence-electron chi connectivity index (χ0n) is 10.8. The van der Waals surface area contributed by atoms with Crippen LogP contribution in [0.4, 0.5) is 0 Å². The molecule has 5 nitrogen and oxygen atoms in total. The summed E-state index contributed by atoms with van der Waals surface area (Å²) in [5, 5.41) is 6.06. The van der Waals surface area contributed by atoms with Crippen molar-refractivity contribution in [2.24, 2.45) is 0 Å². The predicted molar refractivity (Wildman–Crippen MR) is 68.0 cm³/mol. The molecule has 18 heavy (non-hydrogen) atoms. The van der Waals surface area contributed by atoms with E-state index >= 15 is 0 Å². The van der Waals surface area contributed by atoms with Crippen LogP contribution in [0.5, 0.6) is 0 Å². The molecule has 98 valence electrons. The summed E-state index contributed by atoms with van der Waals surface area (Å²) < 4.78 is 5.21. The zero-order valence-corrected chi connectivity index (χ0v) is 10.8. The van der Waals surface area contributed by atoms with Crippen LogP contribution in [0.15, 0.2) is 18.3 Å². The van der Waals surface area contributed by atoms with Crippen LogP contribution in [-0.4, -0.2) is 36.7 Å². The van der Waals surface area contributed by atoms with Crippen molar-refractivity contribution in [3.8, 4) is 0 Å². The normalized spacial score (nSPS) is 23.0. The molecule has 0 spiro atoms. The molecule has 2 N–H and O–H groups in total. The average Bonchev–Trinajstić information content (AvgIpc) is 2.86. The van der Waals surface area contributed by atoms with Gasteiger partial charge in [-0.3, -0.25) is 9.78 Å². The van der Waals surface area contributed by atoms with Gasteiger partial charge in [0.15, 0.2) is 0 Å². The molecule has 1 amide bonds. The van der Waals surface area contributed by atoms with Crippen molar-refractivity contribution >= 4 is 5.91 Å². The van der Waals surface area contributed by atoms with E-state index in [4.69, 9.17) is 4.74 Å². The van der Waals surface area contributed by atoms with Gasteiger partial charge in [0.2, 0.25) is 5.91 Å². The van der Waals surface area contributed by atoms with Crippen LogP contribution in [0.3, 0.4) is 0 Å². The summed E-state index contributed by atoms with van der Waals surface area (Å²) in [5.74, 6) is 0.0233. The molecule has 0 aromatic carbocycles. The van der Waals surface area contributed by atoms with E-state index in [0.29, 0.717) is 6.54 Å². The lowest BCUT2D eigenvalue weighted by Gasteiger charge is -2.11. The van der Waals surface area contributed by atoms with Crippen molar-refractivity contribution < 1.29 is 9.53 Å². The molecule has 1 aliphatic heterocycles. The van der Waals surface area contributed by atoms with Gasteiger partial charge in [-0.1, -0.05) is 6.07 Å². The topological polar surface area (TPSA) is 63.2 Å². The molecule has 0 unspecified atom stereocenters. The maximum atomic E-state index is 11.9. The van der Waals surface area contributed by atoms with Crippen molar-refractivity contribution in [3.63, 3.8) is 0 Å². The van der Waals surface area contributed by atoms with Crippen molar-refractivity contribution in [1.82, 2.24) is 15.6 Å². The van der Waals surface area contributed by atoms with Gasteiger partial charge in [-0.2, -0.15) is 0 Å². The molecule has 1 saturated heterocycles. The number of methoxy groups -OCH3 is 1. The Morgan fingerprint density at radius 2 is 2.44 bits per heavy atom. The fraction of sp³-hybridized carbons (Fsp3) is 0.538. The van der Waals surface area contributed by atoms with E-state index in [1.807, 2.05) is 19.1 Å². The van der Waals surface area contributed by atoms with Crippen LogP contribution in [0.1, 0.15) is 17.7 Å². The molecule has 2 atom stereocenters. The first kappa shape index (κ1) is 13.0. The van der Waals surface area contributed by atoms with E-state index in [0.717, 1.165) is 24.2 Å². The minimum absolute atomic E-state index is 0.0233. The van der Waals surface area contributed by atoms with E-state index in [1.54, 1.807) is 13.3 Å². The quantitative estimate of drug-likeness (QED) is 0.810. The molecule has 1 fully saturated rings. The third-order valence-electron chi connectivity index (χ3n) is 3.18. The number of pyridine rings is 1. The van der Waals surface area contributed by atoms with Gasteiger partial charge in [0, 0.05) is 32.1 Å². The van der Waals surface area contributed by atoms with Crippen LogP contribution in [0.2, 0.25) is 0 Å². The van der Waals surface area contributed by atoms with Crippen LogP contribution < -0.4 is 10.6 Å². The maximum absolute atomic E-state index is 11.9. The van der Waals surface area contributed by atoms with Gasteiger partial charge in [0.25, 0.3) is 0 Å². The number of rotatable bonds is 4.